The third-order valence-corrected chi connectivity index (χ3v) is 5.75. The molecule has 3 nitrogen and oxygen atoms in total. The van der Waals surface area contributed by atoms with Gasteiger partial charge in [-0.05, 0) is 66.8 Å². The Hall–Kier alpha value is -3.12. The van der Waals surface area contributed by atoms with Gasteiger partial charge in [-0.25, -0.2) is 13.2 Å². The van der Waals surface area contributed by atoms with Crippen molar-refractivity contribution in [2.75, 3.05) is 6.54 Å². The molecule has 1 fully saturated rings. The molecule has 1 aliphatic rings. The average molecular weight is 425 g/mol. The monoisotopic (exact) mass is 425 g/mol. The fourth-order valence-electron chi connectivity index (χ4n) is 4.17. The summed E-state index contributed by atoms with van der Waals surface area (Å²) < 4.78 is 41.5. The zero-order valence-electron chi connectivity index (χ0n) is 16.8. The minimum atomic E-state index is -0.821. The number of benzene rings is 3. The van der Waals surface area contributed by atoms with E-state index in [4.69, 9.17) is 0 Å². The molecule has 0 aliphatic carbocycles. The molecule has 6 heteroatoms. The first-order chi connectivity index (χ1) is 14.9. The summed E-state index contributed by atoms with van der Waals surface area (Å²) in [6.45, 7) is 0.540. The van der Waals surface area contributed by atoms with Gasteiger partial charge in [0.15, 0.2) is 0 Å². The minimum absolute atomic E-state index is 0.165. The van der Waals surface area contributed by atoms with Gasteiger partial charge in [0.1, 0.15) is 17.5 Å². The second-order valence-corrected chi connectivity index (χ2v) is 7.78. The number of halogens is 3. The van der Waals surface area contributed by atoms with Crippen LogP contribution in [0.15, 0.2) is 66.7 Å². The topological polar surface area (TPSA) is 40.5 Å². The van der Waals surface area contributed by atoms with Crippen molar-refractivity contribution in [1.82, 2.24) is 4.90 Å². The van der Waals surface area contributed by atoms with Crippen molar-refractivity contribution in [2.24, 2.45) is 0 Å². The number of likely N-dealkylation sites (tertiary alicyclic amines) is 1. The first kappa shape index (κ1) is 21.1. The van der Waals surface area contributed by atoms with Gasteiger partial charge >= 0.3 is 0 Å². The highest BCUT2D eigenvalue weighted by atomic mass is 19.1. The van der Waals surface area contributed by atoms with E-state index in [1.807, 2.05) is 0 Å². The van der Waals surface area contributed by atoms with E-state index in [2.05, 4.69) is 0 Å². The number of hydrogen-bond donors (Lipinski definition) is 1. The van der Waals surface area contributed by atoms with E-state index in [1.54, 1.807) is 23.1 Å². The highest BCUT2D eigenvalue weighted by Gasteiger charge is 2.31. The maximum absolute atomic E-state index is 14.2. The lowest BCUT2D eigenvalue weighted by atomic mass is 9.99. The minimum Gasteiger partial charge on any atom is -0.388 e. The lowest BCUT2D eigenvalue weighted by Crippen LogP contribution is -2.36. The van der Waals surface area contributed by atoms with Crippen LogP contribution in [0.1, 0.15) is 41.3 Å². The van der Waals surface area contributed by atoms with Crippen molar-refractivity contribution in [3.63, 3.8) is 0 Å². The molecule has 2 atom stereocenters. The summed E-state index contributed by atoms with van der Waals surface area (Å²) in [5.41, 5.74) is 1.06. The molecular weight excluding hydrogens is 403 g/mol. The van der Waals surface area contributed by atoms with Gasteiger partial charge in [0.05, 0.1) is 11.7 Å². The Bertz CT molecular complexity index is 1060. The van der Waals surface area contributed by atoms with Gasteiger partial charge in [0, 0.05) is 18.2 Å². The number of rotatable bonds is 5. The molecule has 1 saturated heterocycles. The van der Waals surface area contributed by atoms with Crippen LogP contribution >= 0.6 is 0 Å². The van der Waals surface area contributed by atoms with Gasteiger partial charge in [-0.2, -0.15) is 0 Å². The summed E-state index contributed by atoms with van der Waals surface area (Å²) in [6, 6.07) is 15.4. The highest BCUT2D eigenvalue weighted by Crippen LogP contribution is 2.31. The number of carbonyl (C=O) groups excluding carboxylic acids is 1. The van der Waals surface area contributed by atoms with E-state index in [9.17, 15) is 23.1 Å². The van der Waals surface area contributed by atoms with Crippen LogP contribution in [0, 0.1) is 17.5 Å². The average Bonchev–Trinajstić information content (AvgIpc) is 3.22. The second-order valence-electron chi connectivity index (χ2n) is 7.78. The fraction of sp³-hybridized carbons (Fsp3) is 0.240. The van der Waals surface area contributed by atoms with E-state index in [1.165, 1.54) is 48.5 Å². The van der Waals surface area contributed by atoms with Crippen LogP contribution in [-0.2, 0) is 0 Å². The number of hydrogen-bond acceptors (Lipinski definition) is 2. The summed E-state index contributed by atoms with van der Waals surface area (Å²) in [4.78, 5) is 14.9. The largest absolute Gasteiger partial charge is 0.388 e. The summed E-state index contributed by atoms with van der Waals surface area (Å²) in [6.07, 6.45) is 1.05. The molecule has 1 amide bonds. The molecule has 3 aromatic carbocycles. The SMILES string of the molecule is O=C(c1cccc(-c2c(F)cccc2F)c1)N1CCCC1CC(O)c1ccc(F)cc1. The third kappa shape index (κ3) is 4.49. The van der Waals surface area contributed by atoms with Crippen LogP contribution in [0.3, 0.4) is 0 Å². The van der Waals surface area contributed by atoms with Gasteiger partial charge in [0.2, 0.25) is 0 Å². The molecule has 3 aromatic rings. The lowest BCUT2D eigenvalue weighted by Gasteiger charge is -2.27. The van der Waals surface area contributed by atoms with Gasteiger partial charge in [-0.15, -0.1) is 0 Å². The Morgan fingerprint density at radius 3 is 2.39 bits per heavy atom. The molecule has 0 saturated carbocycles. The molecule has 0 bridgehead atoms. The molecule has 2 unspecified atom stereocenters. The van der Waals surface area contributed by atoms with Crippen LogP contribution in [0.25, 0.3) is 11.1 Å². The predicted octanol–water partition coefficient (Wildman–Crippen LogP) is 5.50. The van der Waals surface area contributed by atoms with Crippen molar-refractivity contribution >= 4 is 5.91 Å². The number of carbonyl (C=O) groups is 1. The van der Waals surface area contributed by atoms with Crippen molar-refractivity contribution < 1.29 is 23.1 Å². The van der Waals surface area contributed by atoms with E-state index >= 15 is 0 Å². The number of aliphatic hydroxyl groups excluding tert-OH is 1. The molecule has 31 heavy (non-hydrogen) atoms. The second kappa shape index (κ2) is 8.94. The standard InChI is InChI=1S/C25H22F3NO2/c26-19-11-9-16(10-12-19)23(30)15-20-6-3-13-29(20)25(31)18-5-1-4-17(14-18)24-21(27)7-2-8-22(24)28/h1-2,4-5,7-12,14,20,23,30H,3,6,13,15H2. The lowest BCUT2D eigenvalue weighted by molar-refractivity contribution is 0.0667. The third-order valence-electron chi connectivity index (χ3n) is 5.75. The van der Waals surface area contributed by atoms with Crippen molar-refractivity contribution in [1.29, 1.82) is 0 Å². The van der Waals surface area contributed by atoms with Crippen molar-refractivity contribution in [3.8, 4) is 11.1 Å². The Labute approximate surface area is 178 Å². The first-order valence-corrected chi connectivity index (χ1v) is 10.2. The predicted molar refractivity (Wildman–Crippen MR) is 112 cm³/mol. The molecule has 1 aliphatic heterocycles. The molecule has 4 rings (SSSR count). The molecule has 0 aromatic heterocycles. The number of aliphatic hydroxyl groups is 1. The Balaban J connectivity index is 1.54. The summed E-state index contributed by atoms with van der Waals surface area (Å²) in [7, 11) is 0. The molecular formula is C25H22F3NO2. The van der Waals surface area contributed by atoms with Crippen molar-refractivity contribution in [3.05, 3.63) is 95.3 Å². The highest BCUT2D eigenvalue weighted by molar-refractivity contribution is 5.96. The molecule has 160 valence electrons. The Kier molecular flexibility index (Phi) is 6.09. The maximum atomic E-state index is 14.2. The van der Waals surface area contributed by atoms with Crippen LogP contribution in [-0.4, -0.2) is 28.5 Å². The quantitative estimate of drug-likeness (QED) is 0.587. The van der Waals surface area contributed by atoms with Crippen LogP contribution < -0.4 is 0 Å². The zero-order valence-corrected chi connectivity index (χ0v) is 16.8. The molecule has 1 heterocycles. The zero-order chi connectivity index (χ0) is 22.0. The summed E-state index contributed by atoms with van der Waals surface area (Å²) >= 11 is 0. The molecule has 1 N–H and O–H groups in total. The van der Waals surface area contributed by atoms with E-state index in [-0.39, 0.29) is 23.3 Å². The van der Waals surface area contributed by atoms with E-state index < -0.39 is 17.7 Å². The van der Waals surface area contributed by atoms with Crippen LogP contribution in [0.2, 0.25) is 0 Å². The fourth-order valence-corrected chi connectivity index (χ4v) is 4.17. The van der Waals surface area contributed by atoms with E-state index in [0.717, 1.165) is 12.8 Å². The van der Waals surface area contributed by atoms with Crippen LogP contribution in [0.5, 0.6) is 0 Å². The summed E-state index contributed by atoms with van der Waals surface area (Å²) in [5.74, 6) is -2.00. The first-order valence-electron chi connectivity index (χ1n) is 10.2. The van der Waals surface area contributed by atoms with Crippen molar-refractivity contribution in [2.45, 2.75) is 31.4 Å². The molecule has 0 radical (unpaired) electrons. The number of nitrogens with zero attached hydrogens (tertiary/aromatic N) is 1. The normalized spacial score (nSPS) is 17.0. The van der Waals surface area contributed by atoms with E-state index in [0.29, 0.717) is 29.7 Å². The van der Waals surface area contributed by atoms with Crippen LogP contribution in [0.4, 0.5) is 13.2 Å². The Morgan fingerprint density at radius 2 is 1.68 bits per heavy atom. The maximum Gasteiger partial charge on any atom is 0.254 e. The van der Waals surface area contributed by atoms with Gasteiger partial charge < -0.3 is 10.0 Å². The molecule has 0 spiro atoms. The number of amides is 1. The summed E-state index contributed by atoms with van der Waals surface area (Å²) in [5, 5.41) is 10.6. The smallest absolute Gasteiger partial charge is 0.254 e. The van der Waals surface area contributed by atoms with Gasteiger partial charge in [-0.3, -0.25) is 4.79 Å². The van der Waals surface area contributed by atoms with Gasteiger partial charge in [-0.1, -0.05) is 30.3 Å². The van der Waals surface area contributed by atoms with Gasteiger partial charge in [0.25, 0.3) is 5.91 Å². The Morgan fingerprint density at radius 1 is 1.00 bits per heavy atom.